The summed E-state index contributed by atoms with van der Waals surface area (Å²) in [6.45, 7) is 10.2. The summed E-state index contributed by atoms with van der Waals surface area (Å²) in [4.78, 5) is 12.8. The van der Waals surface area contributed by atoms with Crippen molar-refractivity contribution < 1.29 is 23.1 Å². The van der Waals surface area contributed by atoms with Gasteiger partial charge in [0.2, 0.25) is 0 Å². The van der Waals surface area contributed by atoms with Crippen LogP contribution in [0.4, 0.5) is 0 Å². The van der Waals surface area contributed by atoms with Gasteiger partial charge in [-0.25, -0.2) is 8.42 Å². The number of ether oxygens (including phenoxy) is 1. The maximum Gasteiger partial charge on any atom is 0.318 e. The van der Waals surface area contributed by atoms with Gasteiger partial charge in [0.15, 0.2) is 9.84 Å². The first-order chi connectivity index (χ1) is 10.1. The van der Waals surface area contributed by atoms with E-state index in [0.717, 1.165) is 19.4 Å². The fourth-order valence-electron chi connectivity index (χ4n) is 3.20. The van der Waals surface area contributed by atoms with Crippen molar-refractivity contribution in [3.63, 3.8) is 0 Å². The Kier molecular flexibility index (Phi) is 6.83. The second-order valence-corrected chi connectivity index (χ2v) is 8.72. The van der Waals surface area contributed by atoms with Gasteiger partial charge < -0.3 is 9.84 Å². The zero-order valence-electron chi connectivity index (χ0n) is 14.0. The van der Waals surface area contributed by atoms with Crippen LogP contribution < -0.4 is 0 Å². The Balaban J connectivity index is 2.66. The lowest BCUT2D eigenvalue weighted by Crippen LogP contribution is -2.62. The second-order valence-electron chi connectivity index (χ2n) is 6.54. The normalized spacial score (nSPS) is 24.2. The van der Waals surface area contributed by atoms with Crippen LogP contribution in [0.2, 0.25) is 0 Å². The third kappa shape index (κ3) is 4.93. The summed E-state index contributed by atoms with van der Waals surface area (Å²) in [5, 5.41) is 8.65. The smallest absolute Gasteiger partial charge is 0.318 e. The molecule has 22 heavy (non-hydrogen) atoms. The largest absolute Gasteiger partial charge is 0.480 e. The maximum absolute atomic E-state index is 11.8. The first-order valence-corrected chi connectivity index (χ1v) is 9.74. The minimum absolute atomic E-state index is 0.0122. The van der Waals surface area contributed by atoms with Gasteiger partial charge in [-0.3, -0.25) is 9.69 Å². The molecule has 7 heteroatoms. The van der Waals surface area contributed by atoms with Crippen molar-refractivity contribution in [1.29, 1.82) is 0 Å². The van der Waals surface area contributed by atoms with E-state index in [-0.39, 0.29) is 23.3 Å². The molecule has 0 heterocycles. The van der Waals surface area contributed by atoms with Crippen LogP contribution in [0.1, 0.15) is 40.5 Å². The van der Waals surface area contributed by atoms with E-state index >= 15 is 0 Å². The van der Waals surface area contributed by atoms with Gasteiger partial charge in [-0.2, -0.15) is 0 Å². The van der Waals surface area contributed by atoms with E-state index in [9.17, 15) is 13.2 Å². The highest BCUT2D eigenvalue weighted by Gasteiger charge is 2.51. The molecule has 1 aliphatic carbocycles. The quantitative estimate of drug-likeness (QED) is 0.650. The molecule has 0 spiro atoms. The first-order valence-electron chi connectivity index (χ1n) is 7.92. The summed E-state index contributed by atoms with van der Waals surface area (Å²) in [5.41, 5.74) is -0.0122. The molecule has 0 aromatic carbocycles. The van der Waals surface area contributed by atoms with E-state index in [1.807, 2.05) is 6.92 Å². The molecule has 2 unspecified atom stereocenters. The third-order valence-corrected chi connectivity index (χ3v) is 5.97. The summed E-state index contributed by atoms with van der Waals surface area (Å²) >= 11 is 0. The van der Waals surface area contributed by atoms with E-state index < -0.39 is 21.6 Å². The summed E-state index contributed by atoms with van der Waals surface area (Å²) in [7, 11) is -3.55. The zero-order valence-corrected chi connectivity index (χ0v) is 14.9. The Morgan fingerprint density at radius 3 is 2.41 bits per heavy atom. The Morgan fingerprint density at radius 2 is 1.95 bits per heavy atom. The molecule has 1 fully saturated rings. The first kappa shape index (κ1) is 19.4. The Morgan fingerprint density at radius 1 is 1.32 bits per heavy atom. The highest BCUT2D eigenvalue weighted by molar-refractivity contribution is 7.92. The average molecular weight is 335 g/mol. The average Bonchev–Trinajstić information content (AvgIpc) is 2.38. The minimum atomic E-state index is -3.55. The molecule has 6 nitrogen and oxygen atoms in total. The zero-order chi connectivity index (χ0) is 17.0. The number of carboxylic acid groups (broad SMARTS) is 1. The van der Waals surface area contributed by atoms with Crippen LogP contribution >= 0.6 is 0 Å². The predicted molar refractivity (Wildman–Crippen MR) is 85.8 cm³/mol. The maximum atomic E-state index is 11.8. The summed E-state index contributed by atoms with van der Waals surface area (Å²) in [6, 6.07) is 0.282. The van der Waals surface area contributed by atoms with Crippen molar-refractivity contribution in [2.75, 3.05) is 31.2 Å². The van der Waals surface area contributed by atoms with E-state index in [1.165, 1.54) is 0 Å². The molecule has 1 rings (SSSR count). The van der Waals surface area contributed by atoms with E-state index in [4.69, 9.17) is 9.84 Å². The molecule has 0 bridgehead atoms. The van der Waals surface area contributed by atoms with Crippen LogP contribution in [0.3, 0.4) is 0 Å². The van der Waals surface area contributed by atoms with Crippen molar-refractivity contribution in [2.45, 2.75) is 52.7 Å². The number of hydrogen-bond donors (Lipinski definition) is 1. The molecular weight excluding hydrogens is 306 g/mol. The van der Waals surface area contributed by atoms with Crippen molar-refractivity contribution in [2.24, 2.45) is 5.41 Å². The van der Waals surface area contributed by atoms with Crippen molar-refractivity contribution in [3.05, 3.63) is 0 Å². The Hall–Kier alpha value is -0.660. The van der Waals surface area contributed by atoms with Crippen LogP contribution in [-0.2, 0) is 19.4 Å². The van der Waals surface area contributed by atoms with Crippen LogP contribution in [-0.4, -0.2) is 67.7 Å². The molecule has 1 aliphatic rings. The van der Waals surface area contributed by atoms with Gasteiger partial charge in [0, 0.05) is 24.6 Å². The number of nitrogens with zero attached hydrogens (tertiary/aromatic N) is 1. The standard InChI is InChI=1S/C15H29NO5S/c1-5-7-16(8-9-22(19,20)11-14(17)18)12-10-13(21-6-2)15(12,3)4/h12-13H,5-11H2,1-4H3,(H,17,18). The van der Waals surface area contributed by atoms with Gasteiger partial charge in [0.25, 0.3) is 0 Å². The fourth-order valence-corrected chi connectivity index (χ4v) is 4.23. The van der Waals surface area contributed by atoms with Crippen LogP contribution in [0, 0.1) is 5.41 Å². The molecule has 1 N–H and O–H groups in total. The van der Waals surface area contributed by atoms with Gasteiger partial charge >= 0.3 is 5.97 Å². The SMILES string of the molecule is CCCN(CCS(=O)(=O)CC(=O)O)C1CC(OCC)C1(C)C. The second kappa shape index (κ2) is 7.75. The fraction of sp³-hybridized carbons (Fsp3) is 0.933. The summed E-state index contributed by atoms with van der Waals surface area (Å²) in [5.74, 6) is -2.18. The van der Waals surface area contributed by atoms with Gasteiger partial charge in [-0.15, -0.1) is 0 Å². The van der Waals surface area contributed by atoms with Gasteiger partial charge in [0.1, 0.15) is 5.75 Å². The predicted octanol–water partition coefficient (Wildman–Crippen LogP) is 1.40. The van der Waals surface area contributed by atoms with E-state index in [2.05, 4.69) is 25.7 Å². The molecular formula is C15H29NO5S. The molecule has 0 aromatic rings. The molecule has 0 radical (unpaired) electrons. The number of carboxylic acids is 1. The topological polar surface area (TPSA) is 83.9 Å². The molecule has 0 saturated heterocycles. The highest BCUT2D eigenvalue weighted by Crippen LogP contribution is 2.45. The van der Waals surface area contributed by atoms with Gasteiger partial charge in [-0.1, -0.05) is 20.8 Å². The van der Waals surface area contributed by atoms with Crippen molar-refractivity contribution in [1.82, 2.24) is 4.90 Å². The molecule has 130 valence electrons. The highest BCUT2D eigenvalue weighted by atomic mass is 32.2. The van der Waals surface area contributed by atoms with Crippen LogP contribution in [0.15, 0.2) is 0 Å². The monoisotopic (exact) mass is 335 g/mol. The molecule has 0 aliphatic heterocycles. The molecule has 2 atom stereocenters. The van der Waals surface area contributed by atoms with Gasteiger partial charge in [-0.05, 0) is 26.3 Å². The van der Waals surface area contributed by atoms with Gasteiger partial charge in [0.05, 0.1) is 11.9 Å². The minimum Gasteiger partial charge on any atom is -0.480 e. The summed E-state index contributed by atoms with van der Waals surface area (Å²) in [6.07, 6.45) is 2.04. The molecule has 0 amide bonds. The van der Waals surface area contributed by atoms with E-state index in [1.54, 1.807) is 0 Å². The molecule has 0 aromatic heterocycles. The Bertz CT molecular complexity index is 474. The lowest BCUT2D eigenvalue weighted by Gasteiger charge is -2.56. The Labute approximate surface area is 133 Å². The van der Waals surface area contributed by atoms with Crippen LogP contribution in [0.25, 0.3) is 0 Å². The molecule has 1 saturated carbocycles. The number of sulfone groups is 1. The van der Waals surface area contributed by atoms with E-state index in [0.29, 0.717) is 13.2 Å². The van der Waals surface area contributed by atoms with Crippen LogP contribution in [0.5, 0.6) is 0 Å². The number of hydrogen-bond acceptors (Lipinski definition) is 5. The number of carbonyl (C=O) groups is 1. The van der Waals surface area contributed by atoms with Crippen molar-refractivity contribution >= 4 is 15.8 Å². The summed E-state index contributed by atoms with van der Waals surface area (Å²) < 4.78 is 29.3. The number of aliphatic carboxylic acids is 1. The number of rotatable bonds is 10. The third-order valence-electron chi connectivity index (χ3n) is 4.48. The van der Waals surface area contributed by atoms with Crippen molar-refractivity contribution in [3.8, 4) is 0 Å². The lowest BCUT2D eigenvalue weighted by atomic mass is 9.63. The lowest BCUT2D eigenvalue weighted by molar-refractivity contribution is -0.148.